The summed E-state index contributed by atoms with van der Waals surface area (Å²) < 4.78 is 0. The highest BCUT2D eigenvalue weighted by molar-refractivity contribution is 5.96. The fourth-order valence-electron chi connectivity index (χ4n) is 1.05. The molecule has 0 atom stereocenters. The van der Waals surface area contributed by atoms with Crippen LogP contribution in [0.3, 0.4) is 0 Å². The minimum Gasteiger partial charge on any atom is -0.480 e. The summed E-state index contributed by atoms with van der Waals surface area (Å²) in [4.78, 5) is 45.8. The van der Waals surface area contributed by atoms with E-state index in [0.717, 1.165) is 0 Å². The first-order valence-electron chi connectivity index (χ1n) is 4.94. The van der Waals surface area contributed by atoms with Gasteiger partial charge in [-0.2, -0.15) is 0 Å². The van der Waals surface area contributed by atoms with Gasteiger partial charge in [-0.3, -0.25) is 19.2 Å². The van der Waals surface area contributed by atoms with Gasteiger partial charge in [0.2, 0.25) is 11.5 Å². The molecular formula is C10H11N3O5. The van der Waals surface area contributed by atoms with Crippen LogP contribution in [0.4, 0.5) is 0 Å². The monoisotopic (exact) mass is 253 g/mol. The second-order valence-corrected chi connectivity index (χ2v) is 3.29. The zero-order valence-electron chi connectivity index (χ0n) is 9.23. The summed E-state index contributed by atoms with van der Waals surface area (Å²) in [6, 6.07) is 2.49. The first kappa shape index (κ1) is 13.4. The van der Waals surface area contributed by atoms with E-state index in [-0.39, 0.29) is 17.7 Å². The van der Waals surface area contributed by atoms with Crippen molar-refractivity contribution in [2.24, 2.45) is 0 Å². The summed E-state index contributed by atoms with van der Waals surface area (Å²) in [5, 5.41) is 12.7. The number of hydrogen-bond donors (Lipinski definition) is 4. The number of H-pyrrole nitrogens is 1. The maximum atomic E-state index is 11.5. The lowest BCUT2D eigenvalue weighted by atomic mass is 10.2. The second kappa shape index (κ2) is 6.18. The lowest BCUT2D eigenvalue weighted by molar-refractivity contribution is -0.137. The molecule has 8 heteroatoms. The fourth-order valence-corrected chi connectivity index (χ4v) is 1.05. The highest BCUT2D eigenvalue weighted by atomic mass is 16.4. The van der Waals surface area contributed by atoms with Crippen molar-refractivity contribution in [3.05, 3.63) is 34.2 Å². The third-order valence-electron chi connectivity index (χ3n) is 1.89. The van der Waals surface area contributed by atoms with Crippen LogP contribution in [0.1, 0.15) is 10.4 Å². The zero-order chi connectivity index (χ0) is 13.5. The van der Waals surface area contributed by atoms with Gasteiger partial charge in [0.15, 0.2) is 0 Å². The standard InChI is InChI=1S/C10H11N3O5/c14-7-2-1-6(3-11-7)10(18)13-4-8(15)12-5-9(16)17/h1-3H,4-5H2,(H,11,14)(H,12,15)(H,13,18)(H,16,17). The molecule has 0 saturated carbocycles. The summed E-state index contributed by atoms with van der Waals surface area (Å²) >= 11 is 0. The summed E-state index contributed by atoms with van der Waals surface area (Å²) in [7, 11) is 0. The van der Waals surface area contributed by atoms with Crippen LogP contribution in [-0.4, -0.2) is 41.0 Å². The zero-order valence-corrected chi connectivity index (χ0v) is 9.23. The van der Waals surface area contributed by atoms with Gasteiger partial charge in [-0.25, -0.2) is 0 Å². The third kappa shape index (κ3) is 4.47. The van der Waals surface area contributed by atoms with Gasteiger partial charge >= 0.3 is 5.97 Å². The number of pyridine rings is 1. The van der Waals surface area contributed by atoms with Gasteiger partial charge in [0.25, 0.3) is 5.91 Å². The Labute approximate surface area is 101 Å². The van der Waals surface area contributed by atoms with Gasteiger partial charge < -0.3 is 20.7 Å². The number of amides is 2. The number of carboxylic acid groups (broad SMARTS) is 1. The van der Waals surface area contributed by atoms with Crippen LogP contribution in [-0.2, 0) is 9.59 Å². The molecule has 18 heavy (non-hydrogen) atoms. The number of aliphatic carboxylic acids is 1. The lowest BCUT2D eigenvalue weighted by Gasteiger charge is -2.04. The first-order chi connectivity index (χ1) is 8.49. The molecule has 0 saturated heterocycles. The average Bonchev–Trinajstić information content (AvgIpc) is 2.34. The Morgan fingerprint density at radius 2 is 1.89 bits per heavy atom. The van der Waals surface area contributed by atoms with Crippen molar-refractivity contribution in [2.75, 3.05) is 13.1 Å². The van der Waals surface area contributed by atoms with Crippen LogP contribution in [0.15, 0.2) is 23.1 Å². The molecule has 2 amide bonds. The molecular weight excluding hydrogens is 242 g/mol. The average molecular weight is 253 g/mol. The van der Waals surface area contributed by atoms with E-state index in [4.69, 9.17) is 5.11 Å². The number of carbonyl (C=O) groups excluding carboxylic acids is 2. The van der Waals surface area contributed by atoms with Crippen LogP contribution in [0.25, 0.3) is 0 Å². The van der Waals surface area contributed by atoms with E-state index in [1.54, 1.807) is 0 Å². The first-order valence-corrected chi connectivity index (χ1v) is 4.94. The summed E-state index contributed by atoms with van der Waals surface area (Å²) in [6.45, 7) is -0.849. The van der Waals surface area contributed by atoms with Crippen molar-refractivity contribution in [3.63, 3.8) is 0 Å². The molecule has 0 aliphatic rings. The predicted molar refractivity (Wildman–Crippen MR) is 60.0 cm³/mol. The Morgan fingerprint density at radius 1 is 1.17 bits per heavy atom. The Hall–Kier alpha value is -2.64. The molecule has 0 spiro atoms. The topological polar surface area (TPSA) is 128 Å². The molecule has 4 N–H and O–H groups in total. The van der Waals surface area contributed by atoms with Crippen LogP contribution in [0, 0.1) is 0 Å². The minimum atomic E-state index is -1.17. The molecule has 96 valence electrons. The molecule has 0 aromatic carbocycles. The summed E-state index contributed by atoms with van der Waals surface area (Å²) in [6.07, 6.45) is 1.22. The molecule has 8 nitrogen and oxygen atoms in total. The minimum absolute atomic E-state index is 0.195. The van der Waals surface area contributed by atoms with Crippen LogP contribution in [0.2, 0.25) is 0 Å². The second-order valence-electron chi connectivity index (χ2n) is 3.29. The molecule has 0 aliphatic carbocycles. The van der Waals surface area contributed by atoms with Crippen molar-refractivity contribution in [2.45, 2.75) is 0 Å². The van der Waals surface area contributed by atoms with E-state index in [2.05, 4.69) is 15.6 Å². The van der Waals surface area contributed by atoms with Crippen molar-refractivity contribution < 1.29 is 19.5 Å². The van der Waals surface area contributed by atoms with E-state index >= 15 is 0 Å². The van der Waals surface area contributed by atoms with E-state index in [1.165, 1.54) is 18.3 Å². The van der Waals surface area contributed by atoms with Gasteiger partial charge in [-0.1, -0.05) is 0 Å². The van der Waals surface area contributed by atoms with E-state index < -0.39 is 24.3 Å². The van der Waals surface area contributed by atoms with E-state index in [1.807, 2.05) is 0 Å². The van der Waals surface area contributed by atoms with Crippen LogP contribution in [0.5, 0.6) is 0 Å². The summed E-state index contributed by atoms with van der Waals surface area (Å²) in [5.41, 5.74) is -0.147. The SMILES string of the molecule is O=C(O)CNC(=O)CNC(=O)c1ccc(=O)[nH]c1. The Kier molecular flexibility index (Phi) is 4.61. The number of nitrogens with one attached hydrogen (secondary N) is 3. The Bertz CT molecular complexity index is 502. The summed E-state index contributed by atoms with van der Waals surface area (Å²) in [5.74, 6) is -2.33. The quantitative estimate of drug-likeness (QED) is 0.497. The van der Waals surface area contributed by atoms with Crippen molar-refractivity contribution in [3.8, 4) is 0 Å². The highest BCUT2D eigenvalue weighted by Crippen LogP contribution is 1.91. The molecule has 1 rings (SSSR count). The molecule has 0 fully saturated rings. The van der Waals surface area contributed by atoms with Crippen LogP contribution < -0.4 is 16.2 Å². The molecule has 0 radical (unpaired) electrons. The molecule has 1 heterocycles. The lowest BCUT2D eigenvalue weighted by Crippen LogP contribution is -2.39. The highest BCUT2D eigenvalue weighted by Gasteiger charge is 2.08. The largest absolute Gasteiger partial charge is 0.480 e. The molecule has 1 aromatic heterocycles. The maximum Gasteiger partial charge on any atom is 0.322 e. The van der Waals surface area contributed by atoms with Crippen molar-refractivity contribution >= 4 is 17.8 Å². The number of carboxylic acids is 1. The molecule has 1 aromatic rings. The van der Waals surface area contributed by atoms with E-state index in [9.17, 15) is 19.2 Å². The number of aromatic nitrogens is 1. The van der Waals surface area contributed by atoms with Crippen molar-refractivity contribution in [1.29, 1.82) is 0 Å². The number of rotatable bonds is 5. The van der Waals surface area contributed by atoms with Crippen molar-refractivity contribution in [1.82, 2.24) is 15.6 Å². The van der Waals surface area contributed by atoms with E-state index in [0.29, 0.717) is 0 Å². The van der Waals surface area contributed by atoms with Gasteiger partial charge in [0, 0.05) is 12.3 Å². The Morgan fingerprint density at radius 3 is 2.44 bits per heavy atom. The third-order valence-corrected chi connectivity index (χ3v) is 1.89. The molecule has 0 aliphatic heterocycles. The Balaban J connectivity index is 2.41. The fraction of sp³-hybridized carbons (Fsp3) is 0.200. The predicted octanol–water partition coefficient (Wildman–Crippen LogP) is -1.69. The normalized spacial score (nSPS) is 9.56. The number of aromatic amines is 1. The van der Waals surface area contributed by atoms with Gasteiger partial charge in [-0.05, 0) is 6.07 Å². The van der Waals surface area contributed by atoms with Gasteiger partial charge in [0.05, 0.1) is 12.1 Å². The number of carbonyl (C=O) groups is 3. The van der Waals surface area contributed by atoms with Gasteiger partial charge in [-0.15, -0.1) is 0 Å². The molecule has 0 bridgehead atoms. The smallest absolute Gasteiger partial charge is 0.322 e. The maximum absolute atomic E-state index is 11.5. The number of hydrogen-bond acceptors (Lipinski definition) is 4. The van der Waals surface area contributed by atoms with Crippen LogP contribution >= 0.6 is 0 Å². The van der Waals surface area contributed by atoms with Gasteiger partial charge in [0.1, 0.15) is 6.54 Å². The molecule has 0 unspecified atom stereocenters.